The molecule has 0 N–H and O–H groups in total. The average molecular weight is 160 g/mol. The fourth-order valence-electron chi connectivity index (χ4n) is 1.75. The number of carbonyl (C=O) groups is 1. The fourth-order valence-corrected chi connectivity index (χ4v) is 1.75. The lowest BCUT2D eigenvalue weighted by Gasteiger charge is -2.32. The first kappa shape index (κ1) is 7.53. The number of rotatable bonds is 1. The largest absolute Gasteiger partial charge is 0.299 e. The van der Waals surface area contributed by atoms with Gasteiger partial charge in [0.15, 0.2) is 0 Å². The van der Waals surface area contributed by atoms with Crippen LogP contribution in [0, 0.1) is 5.92 Å². The van der Waals surface area contributed by atoms with Crippen molar-refractivity contribution in [1.29, 1.82) is 0 Å². The molecule has 0 bridgehead atoms. The molecule has 0 aliphatic heterocycles. The summed E-state index contributed by atoms with van der Waals surface area (Å²) in [5, 5.41) is 0. The third-order valence-electron chi connectivity index (χ3n) is 2.76. The maximum atomic E-state index is 11.0. The second kappa shape index (κ2) is 2.74. The molecule has 1 aromatic carbocycles. The zero-order valence-corrected chi connectivity index (χ0v) is 7.16. The molecule has 0 unspecified atom stereocenters. The van der Waals surface area contributed by atoms with Crippen LogP contribution in [0.5, 0.6) is 0 Å². The summed E-state index contributed by atoms with van der Waals surface area (Å²) in [5.41, 5.74) is 1.31. The molecule has 2 rings (SSSR count). The zero-order valence-electron chi connectivity index (χ0n) is 7.16. The lowest BCUT2D eigenvalue weighted by Crippen LogP contribution is -2.32. The van der Waals surface area contributed by atoms with Crippen LogP contribution in [0.1, 0.15) is 24.8 Å². The Morgan fingerprint density at radius 2 is 1.92 bits per heavy atom. The highest BCUT2D eigenvalue weighted by molar-refractivity contribution is 5.88. The predicted molar refractivity (Wildman–Crippen MR) is 48.0 cm³/mol. The number of carbonyl (C=O) groups excluding carboxylic acids is 1. The number of hydrogen-bond donors (Lipinski definition) is 0. The van der Waals surface area contributed by atoms with Gasteiger partial charge in [0.1, 0.15) is 5.78 Å². The van der Waals surface area contributed by atoms with Crippen LogP contribution in [0.4, 0.5) is 0 Å². The van der Waals surface area contributed by atoms with Crippen molar-refractivity contribution in [3.63, 3.8) is 0 Å². The molecule has 1 heteroatoms. The molecule has 1 fully saturated rings. The van der Waals surface area contributed by atoms with E-state index in [2.05, 4.69) is 12.1 Å². The summed E-state index contributed by atoms with van der Waals surface area (Å²) in [6.07, 6.45) is 0.741. The zero-order chi connectivity index (χ0) is 8.55. The molecule has 0 amide bonds. The van der Waals surface area contributed by atoms with E-state index in [1.807, 2.05) is 25.1 Å². The van der Waals surface area contributed by atoms with E-state index in [0.29, 0.717) is 11.7 Å². The van der Waals surface area contributed by atoms with Crippen LogP contribution in [0.25, 0.3) is 0 Å². The Kier molecular flexibility index (Phi) is 1.72. The van der Waals surface area contributed by atoms with Crippen molar-refractivity contribution in [2.75, 3.05) is 0 Å². The molecular formula is C11H12O. The van der Waals surface area contributed by atoms with Crippen LogP contribution < -0.4 is 0 Å². The molecule has 1 saturated carbocycles. The summed E-state index contributed by atoms with van der Waals surface area (Å²) in [6, 6.07) is 10.3. The number of ketones is 1. The SMILES string of the molecule is C[C@@H]1C(=O)C[C@H]1c1ccccc1. The standard InChI is InChI=1S/C11H12O/c1-8-10(7-11(8)12)9-5-3-2-4-6-9/h2-6,8,10H,7H2,1H3/t8-,10+/m0/s1. The minimum atomic E-state index is 0.243. The van der Waals surface area contributed by atoms with E-state index in [0.717, 1.165) is 6.42 Å². The van der Waals surface area contributed by atoms with Crippen molar-refractivity contribution >= 4 is 5.78 Å². The van der Waals surface area contributed by atoms with Gasteiger partial charge in [-0.2, -0.15) is 0 Å². The number of Topliss-reactive ketones (excluding diaryl/α,β-unsaturated/α-hetero) is 1. The molecule has 12 heavy (non-hydrogen) atoms. The van der Waals surface area contributed by atoms with Crippen molar-refractivity contribution < 1.29 is 4.79 Å². The van der Waals surface area contributed by atoms with E-state index < -0.39 is 0 Å². The number of hydrogen-bond acceptors (Lipinski definition) is 1. The second-order valence-corrected chi connectivity index (χ2v) is 3.48. The van der Waals surface area contributed by atoms with Gasteiger partial charge in [-0.25, -0.2) is 0 Å². The van der Waals surface area contributed by atoms with E-state index in [1.54, 1.807) is 0 Å². The predicted octanol–water partition coefficient (Wildman–Crippen LogP) is 2.38. The van der Waals surface area contributed by atoms with Crippen LogP contribution in [0.2, 0.25) is 0 Å². The monoisotopic (exact) mass is 160 g/mol. The Morgan fingerprint density at radius 1 is 1.25 bits per heavy atom. The summed E-state index contributed by atoms with van der Waals surface area (Å²) >= 11 is 0. The van der Waals surface area contributed by atoms with Crippen molar-refractivity contribution in [3.8, 4) is 0 Å². The van der Waals surface area contributed by atoms with Crippen molar-refractivity contribution in [2.24, 2.45) is 5.92 Å². The van der Waals surface area contributed by atoms with Gasteiger partial charge >= 0.3 is 0 Å². The first-order valence-corrected chi connectivity index (χ1v) is 4.36. The number of benzene rings is 1. The van der Waals surface area contributed by atoms with Gasteiger partial charge in [0, 0.05) is 18.3 Å². The van der Waals surface area contributed by atoms with Gasteiger partial charge < -0.3 is 0 Å². The molecule has 0 radical (unpaired) electrons. The van der Waals surface area contributed by atoms with E-state index in [1.165, 1.54) is 5.56 Å². The highest BCUT2D eigenvalue weighted by atomic mass is 16.1. The lowest BCUT2D eigenvalue weighted by atomic mass is 9.70. The van der Waals surface area contributed by atoms with Crippen LogP contribution in [-0.4, -0.2) is 5.78 Å². The minimum absolute atomic E-state index is 0.243. The maximum Gasteiger partial charge on any atom is 0.136 e. The molecule has 0 heterocycles. The van der Waals surface area contributed by atoms with Gasteiger partial charge in [0.2, 0.25) is 0 Å². The highest BCUT2D eigenvalue weighted by Gasteiger charge is 2.36. The Morgan fingerprint density at radius 3 is 2.42 bits per heavy atom. The Bertz CT molecular complexity index is 289. The molecule has 1 aliphatic rings. The molecule has 62 valence electrons. The van der Waals surface area contributed by atoms with E-state index >= 15 is 0 Å². The average Bonchev–Trinajstić information content (AvgIpc) is 2.15. The summed E-state index contributed by atoms with van der Waals surface area (Å²) < 4.78 is 0. The molecule has 0 spiro atoms. The Hall–Kier alpha value is -1.11. The van der Waals surface area contributed by atoms with Crippen LogP contribution in [0.3, 0.4) is 0 Å². The van der Waals surface area contributed by atoms with Crippen molar-refractivity contribution in [1.82, 2.24) is 0 Å². The second-order valence-electron chi connectivity index (χ2n) is 3.48. The van der Waals surface area contributed by atoms with E-state index in [4.69, 9.17) is 0 Å². The van der Waals surface area contributed by atoms with Gasteiger partial charge in [-0.05, 0) is 5.56 Å². The van der Waals surface area contributed by atoms with Crippen LogP contribution >= 0.6 is 0 Å². The third kappa shape index (κ3) is 1.06. The first-order chi connectivity index (χ1) is 5.79. The molecule has 1 aliphatic carbocycles. The molecule has 0 saturated heterocycles. The summed E-state index contributed by atoms with van der Waals surface area (Å²) in [7, 11) is 0. The van der Waals surface area contributed by atoms with Crippen LogP contribution in [0.15, 0.2) is 30.3 Å². The summed E-state index contributed by atoms with van der Waals surface area (Å²) in [5.74, 6) is 1.13. The molecule has 0 aromatic heterocycles. The molecule has 1 nitrogen and oxygen atoms in total. The molecule has 1 aromatic rings. The topological polar surface area (TPSA) is 17.1 Å². The van der Waals surface area contributed by atoms with E-state index in [-0.39, 0.29) is 5.92 Å². The quantitative estimate of drug-likeness (QED) is 0.616. The van der Waals surface area contributed by atoms with Gasteiger partial charge in [-0.3, -0.25) is 4.79 Å². The summed E-state index contributed by atoms with van der Waals surface area (Å²) in [4.78, 5) is 11.0. The first-order valence-electron chi connectivity index (χ1n) is 4.36. The van der Waals surface area contributed by atoms with Gasteiger partial charge in [-0.1, -0.05) is 37.3 Å². The van der Waals surface area contributed by atoms with Crippen LogP contribution in [-0.2, 0) is 4.79 Å². The van der Waals surface area contributed by atoms with Gasteiger partial charge in [0.05, 0.1) is 0 Å². The Labute approximate surface area is 72.4 Å². The highest BCUT2D eigenvalue weighted by Crippen LogP contribution is 2.38. The smallest absolute Gasteiger partial charge is 0.136 e. The van der Waals surface area contributed by atoms with Gasteiger partial charge in [0.25, 0.3) is 0 Å². The molecular weight excluding hydrogens is 148 g/mol. The lowest BCUT2D eigenvalue weighted by molar-refractivity contribution is -0.130. The maximum absolute atomic E-state index is 11.0. The molecule has 2 atom stereocenters. The van der Waals surface area contributed by atoms with Crippen molar-refractivity contribution in [2.45, 2.75) is 19.3 Å². The van der Waals surface area contributed by atoms with Gasteiger partial charge in [-0.15, -0.1) is 0 Å². The minimum Gasteiger partial charge on any atom is -0.299 e. The fraction of sp³-hybridized carbons (Fsp3) is 0.364. The van der Waals surface area contributed by atoms with E-state index in [9.17, 15) is 4.79 Å². The Balaban J connectivity index is 2.18. The normalized spacial score (nSPS) is 28.2. The third-order valence-corrected chi connectivity index (χ3v) is 2.76. The van der Waals surface area contributed by atoms with Crippen molar-refractivity contribution in [3.05, 3.63) is 35.9 Å². The summed E-state index contributed by atoms with van der Waals surface area (Å²) in [6.45, 7) is 2.02.